The average molecular weight is 396 g/mol. The Morgan fingerprint density at radius 1 is 0.931 bits per heavy atom. The molecular formula is C23H15F3O3. The summed E-state index contributed by atoms with van der Waals surface area (Å²) in [5, 5.41) is 9.99. The summed E-state index contributed by atoms with van der Waals surface area (Å²) in [4.78, 5) is 11.3. The molecule has 146 valence electrons. The van der Waals surface area contributed by atoms with Gasteiger partial charge in [-0.05, 0) is 47.0 Å². The van der Waals surface area contributed by atoms with E-state index in [1.54, 1.807) is 42.5 Å². The predicted octanol–water partition coefficient (Wildman–Crippen LogP) is 6.41. The quantitative estimate of drug-likeness (QED) is 0.434. The number of alkyl halides is 3. The number of carbonyl (C=O) groups is 1. The molecule has 0 aliphatic carbocycles. The number of hydrogen-bond donors (Lipinski definition) is 1. The average Bonchev–Trinajstić information content (AvgIpc) is 3.10. The molecule has 4 rings (SSSR count). The van der Waals surface area contributed by atoms with Gasteiger partial charge in [-0.15, -0.1) is 0 Å². The molecule has 3 nitrogen and oxygen atoms in total. The lowest BCUT2D eigenvalue weighted by molar-refractivity contribution is -0.137. The first-order valence-electron chi connectivity index (χ1n) is 8.82. The van der Waals surface area contributed by atoms with Crippen molar-refractivity contribution in [2.24, 2.45) is 0 Å². The third-order valence-electron chi connectivity index (χ3n) is 4.67. The Balaban J connectivity index is 1.72. The van der Waals surface area contributed by atoms with Gasteiger partial charge in [-0.1, -0.05) is 42.5 Å². The fourth-order valence-electron chi connectivity index (χ4n) is 3.33. The third kappa shape index (κ3) is 3.87. The standard InChI is InChI=1S/C23H15F3O3/c24-23(25,26)17-7-1-4-14(10-17)11-18-13-20-19(8-3-9-21(20)29-18)15-5-2-6-16(12-15)22(27)28/h1-10,12-13H,11H2,(H,27,28). The van der Waals surface area contributed by atoms with E-state index in [0.29, 0.717) is 16.9 Å². The second kappa shape index (κ2) is 7.13. The van der Waals surface area contributed by atoms with Crippen molar-refractivity contribution in [1.82, 2.24) is 0 Å². The van der Waals surface area contributed by atoms with E-state index >= 15 is 0 Å². The van der Waals surface area contributed by atoms with Gasteiger partial charge in [0.25, 0.3) is 0 Å². The molecule has 0 amide bonds. The lowest BCUT2D eigenvalue weighted by Gasteiger charge is -2.07. The van der Waals surface area contributed by atoms with Gasteiger partial charge in [-0.2, -0.15) is 13.2 Å². The van der Waals surface area contributed by atoms with E-state index in [2.05, 4.69) is 0 Å². The van der Waals surface area contributed by atoms with Crippen LogP contribution < -0.4 is 0 Å². The fourth-order valence-corrected chi connectivity index (χ4v) is 3.33. The van der Waals surface area contributed by atoms with Crippen LogP contribution in [0.3, 0.4) is 0 Å². The summed E-state index contributed by atoms with van der Waals surface area (Å²) in [6.07, 6.45) is -4.18. The molecular weight excluding hydrogens is 381 g/mol. The van der Waals surface area contributed by atoms with Gasteiger partial charge >= 0.3 is 12.1 Å². The molecule has 0 saturated heterocycles. The number of furan rings is 1. The van der Waals surface area contributed by atoms with E-state index in [1.165, 1.54) is 12.1 Å². The zero-order valence-corrected chi connectivity index (χ0v) is 15.0. The number of benzene rings is 3. The van der Waals surface area contributed by atoms with Crippen molar-refractivity contribution >= 4 is 16.9 Å². The minimum Gasteiger partial charge on any atom is -0.478 e. The molecule has 0 bridgehead atoms. The highest BCUT2D eigenvalue weighted by Gasteiger charge is 2.30. The largest absolute Gasteiger partial charge is 0.478 e. The van der Waals surface area contributed by atoms with Crippen LogP contribution in [0.4, 0.5) is 13.2 Å². The Bertz CT molecular complexity index is 1210. The molecule has 1 heterocycles. The molecule has 1 N–H and O–H groups in total. The Morgan fingerprint density at radius 3 is 2.45 bits per heavy atom. The van der Waals surface area contributed by atoms with Gasteiger partial charge in [0.15, 0.2) is 0 Å². The van der Waals surface area contributed by atoms with Crippen LogP contribution in [0.2, 0.25) is 0 Å². The Labute approximate surface area is 164 Å². The highest BCUT2D eigenvalue weighted by molar-refractivity contribution is 5.96. The molecule has 0 unspecified atom stereocenters. The van der Waals surface area contributed by atoms with Gasteiger partial charge in [0.05, 0.1) is 11.1 Å². The van der Waals surface area contributed by atoms with Crippen molar-refractivity contribution in [3.05, 3.63) is 95.2 Å². The lowest BCUT2D eigenvalue weighted by atomic mass is 9.99. The predicted molar refractivity (Wildman–Crippen MR) is 103 cm³/mol. The number of hydrogen-bond acceptors (Lipinski definition) is 2. The van der Waals surface area contributed by atoms with Crippen molar-refractivity contribution < 1.29 is 27.5 Å². The minimum atomic E-state index is -4.40. The Morgan fingerprint density at radius 2 is 1.69 bits per heavy atom. The molecule has 0 spiro atoms. The SMILES string of the molecule is O=C(O)c1cccc(-c2cccc3oc(Cc4cccc(C(F)(F)F)c4)cc23)c1. The van der Waals surface area contributed by atoms with Gasteiger partial charge in [0.1, 0.15) is 11.3 Å². The maximum Gasteiger partial charge on any atom is 0.416 e. The maximum absolute atomic E-state index is 12.9. The molecule has 0 radical (unpaired) electrons. The van der Waals surface area contributed by atoms with E-state index in [0.717, 1.165) is 28.6 Å². The van der Waals surface area contributed by atoms with Crippen LogP contribution in [0.25, 0.3) is 22.1 Å². The van der Waals surface area contributed by atoms with E-state index in [4.69, 9.17) is 4.42 Å². The van der Waals surface area contributed by atoms with Crippen molar-refractivity contribution in [3.8, 4) is 11.1 Å². The monoisotopic (exact) mass is 396 g/mol. The maximum atomic E-state index is 12.9. The number of rotatable bonds is 4. The summed E-state index contributed by atoms with van der Waals surface area (Å²) in [7, 11) is 0. The second-order valence-corrected chi connectivity index (χ2v) is 6.69. The van der Waals surface area contributed by atoms with E-state index in [-0.39, 0.29) is 12.0 Å². The van der Waals surface area contributed by atoms with Gasteiger partial charge in [0, 0.05) is 11.8 Å². The van der Waals surface area contributed by atoms with Crippen LogP contribution in [-0.4, -0.2) is 11.1 Å². The van der Waals surface area contributed by atoms with Gasteiger partial charge < -0.3 is 9.52 Å². The summed E-state index contributed by atoms with van der Waals surface area (Å²) in [6.45, 7) is 0. The van der Waals surface area contributed by atoms with Crippen molar-refractivity contribution in [1.29, 1.82) is 0 Å². The molecule has 0 saturated carbocycles. The van der Waals surface area contributed by atoms with Crippen molar-refractivity contribution in [3.63, 3.8) is 0 Å². The van der Waals surface area contributed by atoms with Crippen LogP contribution >= 0.6 is 0 Å². The summed E-state index contributed by atoms with van der Waals surface area (Å²) < 4.78 is 44.7. The number of aromatic carboxylic acids is 1. The Kier molecular flexibility index (Phi) is 4.62. The van der Waals surface area contributed by atoms with E-state index in [1.807, 2.05) is 6.07 Å². The van der Waals surface area contributed by atoms with Crippen LogP contribution in [-0.2, 0) is 12.6 Å². The molecule has 4 aromatic rings. The van der Waals surface area contributed by atoms with Gasteiger partial charge in [-0.25, -0.2) is 4.79 Å². The smallest absolute Gasteiger partial charge is 0.416 e. The Hall–Kier alpha value is -3.54. The van der Waals surface area contributed by atoms with Crippen LogP contribution in [0.15, 0.2) is 77.2 Å². The molecule has 0 atom stereocenters. The number of fused-ring (bicyclic) bond motifs is 1. The second-order valence-electron chi connectivity index (χ2n) is 6.69. The fraction of sp³-hybridized carbons (Fsp3) is 0.0870. The first-order valence-corrected chi connectivity index (χ1v) is 8.82. The molecule has 0 aliphatic heterocycles. The van der Waals surface area contributed by atoms with Gasteiger partial charge in [-0.3, -0.25) is 0 Å². The topological polar surface area (TPSA) is 50.4 Å². The summed E-state index contributed by atoms with van der Waals surface area (Å²) in [6, 6.07) is 18.9. The summed E-state index contributed by atoms with van der Waals surface area (Å²) in [5.41, 5.74) is 2.08. The molecule has 6 heteroatoms. The first-order chi connectivity index (χ1) is 13.8. The summed E-state index contributed by atoms with van der Waals surface area (Å²) >= 11 is 0. The van der Waals surface area contributed by atoms with E-state index < -0.39 is 17.7 Å². The molecule has 29 heavy (non-hydrogen) atoms. The van der Waals surface area contributed by atoms with Crippen LogP contribution in [0.1, 0.15) is 27.2 Å². The third-order valence-corrected chi connectivity index (χ3v) is 4.67. The minimum absolute atomic E-state index is 0.173. The highest BCUT2D eigenvalue weighted by Crippen LogP contribution is 2.33. The van der Waals surface area contributed by atoms with Crippen molar-refractivity contribution in [2.45, 2.75) is 12.6 Å². The van der Waals surface area contributed by atoms with E-state index in [9.17, 15) is 23.1 Å². The molecule has 3 aromatic carbocycles. The molecule has 0 fully saturated rings. The zero-order valence-electron chi connectivity index (χ0n) is 15.0. The van der Waals surface area contributed by atoms with Crippen LogP contribution in [0, 0.1) is 0 Å². The van der Waals surface area contributed by atoms with Crippen molar-refractivity contribution in [2.75, 3.05) is 0 Å². The van der Waals surface area contributed by atoms with Gasteiger partial charge in [0.2, 0.25) is 0 Å². The normalized spacial score (nSPS) is 11.7. The first kappa shape index (κ1) is 18.8. The zero-order chi connectivity index (χ0) is 20.6. The number of halogens is 3. The lowest BCUT2D eigenvalue weighted by Crippen LogP contribution is -2.05. The molecule has 1 aromatic heterocycles. The van der Waals surface area contributed by atoms with Crippen LogP contribution in [0.5, 0.6) is 0 Å². The summed E-state index contributed by atoms with van der Waals surface area (Å²) in [5.74, 6) is -0.488. The number of carboxylic acids is 1. The highest BCUT2D eigenvalue weighted by atomic mass is 19.4. The number of carboxylic acid groups (broad SMARTS) is 1. The molecule has 0 aliphatic rings.